The van der Waals surface area contributed by atoms with Crippen molar-refractivity contribution >= 4 is 11.8 Å². The first-order chi connectivity index (χ1) is 8.26. The Labute approximate surface area is 101 Å². The van der Waals surface area contributed by atoms with Gasteiger partial charge in [0.15, 0.2) is 0 Å². The summed E-state index contributed by atoms with van der Waals surface area (Å²) in [5.74, 6) is 0.643. The van der Waals surface area contributed by atoms with E-state index in [-0.39, 0.29) is 12.0 Å². The van der Waals surface area contributed by atoms with Crippen molar-refractivity contribution in [2.45, 2.75) is 32.2 Å². The molecule has 1 unspecified atom stereocenters. The number of anilines is 1. The van der Waals surface area contributed by atoms with Crippen molar-refractivity contribution in [1.29, 1.82) is 0 Å². The van der Waals surface area contributed by atoms with Crippen LogP contribution in [-0.4, -0.2) is 35.6 Å². The molecule has 0 bridgehead atoms. The molecular weight excluding hydrogens is 218 g/mol. The fourth-order valence-corrected chi connectivity index (χ4v) is 2.16. The standard InChI is InChI=1S/C12H17N3O2/c1-3-9-7-11(14-8-13-9)15-6-4-5-10(15)12(16)17-2/h7-8,10H,3-6H2,1-2H3. The Balaban J connectivity index is 2.22. The van der Waals surface area contributed by atoms with E-state index in [4.69, 9.17) is 4.74 Å². The Hall–Kier alpha value is -1.65. The van der Waals surface area contributed by atoms with Crippen molar-refractivity contribution in [3.63, 3.8) is 0 Å². The highest BCUT2D eigenvalue weighted by Crippen LogP contribution is 2.24. The Kier molecular flexibility index (Phi) is 3.56. The highest BCUT2D eigenvalue weighted by Gasteiger charge is 2.32. The van der Waals surface area contributed by atoms with Crippen LogP contribution >= 0.6 is 0 Å². The molecule has 92 valence electrons. The third-order valence-corrected chi connectivity index (χ3v) is 3.09. The van der Waals surface area contributed by atoms with Gasteiger partial charge in [0.25, 0.3) is 0 Å². The summed E-state index contributed by atoms with van der Waals surface area (Å²) in [6.07, 6.45) is 4.25. The molecule has 0 aromatic carbocycles. The Morgan fingerprint density at radius 2 is 2.41 bits per heavy atom. The summed E-state index contributed by atoms with van der Waals surface area (Å²) in [5, 5.41) is 0. The lowest BCUT2D eigenvalue weighted by atomic mass is 10.2. The van der Waals surface area contributed by atoms with Gasteiger partial charge in [0.1, 0.15) is 18.2 Å². The Morgan fingerprint density at radius 1 is 1.59 bits per heavy atom. The number of methoxy groups -OCH3 is 1. The first-order valence-corrected chi connectivity index (χ1v) is 5.91. The molecule has 0 N–H and O–H groups in total. The van der Waals surface area contributed by atoms with Gasteiger partial charge in [-0.3, -0.25) is 0 Å². The second kappa shape index (κ2) is 5.12. The lowest BCUT2D eigenvalue weighted by molar-refractivity contribution is -0.141. The minimum absolute atomic E-state index is 0.181. The molecular formula is C12H17N3O2. The maximum absolute atomic E-state index is 11.6. The number of ether oxygens (including phenoxy) is 1. The van der Waals surface area contributed by atoms with Crippen LogP contribution in [0.25, 0.3) is 0 Å². The van der Waals surface area contributed by atoms with Crippen LogP contribution in [0, 0.1) is 0 Å². The van der Waals surface area contributed by atoms with Gasteiger partial charge in [-0.25, -0.2) is 14.8 Å². The van der Waals surface area contributed by atoms with E-state index in [9.17, 15) is 4.79 Å². The average molecular weight is 235 g/mol. The molecule has 0 aliphatic carbocycles. The molecule has 17 heavy (non-hydrogen) atoms. The van der Waals surface area contributed by atoms with E-state index in [0.717, 1.165) is 37.3 Å². The van der Waals surface area contributed by atoms with Gasteiger partial charge < -0.3 is 9.64 Å². The van der Waals surface area contributed by atoms with Crippen LogP contribution in [0.5, 0.6) is 0 Å². The van der Waals surface area contributed by atoms with Crippen molar-refractivity contribution in [3.05, 3.63) is 18.1 Å². The zero-order valence-corrected chi connectivity index (χ0v) is 10.2. The van der Waals surface area contributed by atoms with Gasteiger partial charge in [0.05, 0.1) is 7.11 Å². The predicted octanol–water partition coefficient (Wildman–Crippen LogP) is 1.18. The zero-order chi connectivity index (χ0) is 12.3. The number of carbonyl (C=O) groups excluding carboxylic acids is 1. The molecule has 0 radical (unpaired) electrons. The molecule has 1 saturated heterocycles. The third-order valence-electron chi connectivity index (χ3n) is 3.09. The molecule has 5 heteroatoms. The maximum Gasteiger partial charge on any atom is 0.328 e. The molecule has 1 aliphatic rings. The van der Waals surface area contributed by atoms with Crippen LogP contribution in [-0.2, 0) is 16.0 Å². The van der Waals surface area contributed by atoms with Crippen molar-refractivity contribution in [1.82, 2.24) is 9.97 Å². The smallest absolute Gasteiger partial charge is 0.328 e. The van der Waals surface area contributed by atoms with E-state index in [1.165, 1.54) is 7.11 Å². The minimum Gasteiger partial charge on any atom is -0.467 e. The van der Waals surface area contributed by atoms with Crippen LogP contribution in [0.2, 0.25) is 0 Å². The van der Waals surface area contributed by atoms with Crippen LogP contribution in [0.15, 0.2) is 12.4 Å². The van der Waals surface area contributed by atoms with E-state index in [0.29, 0.717) is 0 Å². The number of hydrogen-bond acceptors (Lipinski definition) is 5. The van der Waals surface area contributed by atoms with E-state index in [1.54, 1.807) is 6.33 Å². The molecule has 1 aromatic heterocycles. The molecule has 2 rings (SSSR count). The minimum atomic E-state index is -0.195. The lowest BCUT2D eigenvalue weighted by Gasteiger charge is -2.23. The molecule has 2 heterocycles. The van der Waals surface area contributed by atoms with Gasteiger partial charge in [-0.1, -0.05) is 6.92 Å². The Morgan fingerprint density at radius 3 is 3.12 bits per heavy atom. The van der Waals surface area contributed by atoms with Gasteiger partial charge in [-0.15, -0.1) is 0 Å². The summed E-state index contributed by atoms with van der Waals surface area (Å²) in [7, 11) is 1.43. The fourth-order valence-electron chi connectivity index (χ4n) is 2.16. The van der Waals surface area contributed by atoms with E-state index in [2.05, 4.69) is 9.97 Å². The first kappa shape index (κ1) is 11.8. The van der Waals surface area contributed by atoms with E-state index in [1.807, 2.05) is 17.9 Å². The third kappa shape index (κ3) is 2.38. The van der Waals surface area contributed by atoms with E-state index < -0.39 is 0 Å². The van der Waals surface area contributed by atoms with Crippen molar-refractivity contribution < 1.29 is 9.53 Å². The summed E-state index contributed by atoms with van der Waals surface area (Å²) in [5.41, 5.74) is 0.991. The number of carbonyl (C=O) groups is 1. The summed E-state index contributed by atoms with van der Waals surface area (Å²) in [4.78, 5) is 22.1. The second-order valence-electron chi connectivity index (χ2n) is 4.10. The van der Waals surface area contributed by atoms with Gasteiger partial charge in [0.2, 0.25) is 0 Å². The fraction of sp³-hybridized carbons (Fsp3) is 0.583. The van der Waals surface area contributed by atoms with Crippen LogP contribution in [0.4, 0.5) is 5.82 Å². The summed E-state index contributed by atoms with van der Waals surface area (Å²) in [6, 6.07) is 1.75. The normalized spacial score (nSPS) is 19.4. The Bertz CT molecular complexity index is 408. The molecule has 1 aliphatic heterocycles. The summed E-state index contributed by atoms with van der Waals surface area (Å²) in [6.45, 7) is 2.90. The largest absolute Gasteiger partial charge is 0.467 e. The first-order valence-electron chi connectivity index (χ1n) is 5.91. The van der Waals surface area contributed by atoms with Gasteiger partial charge >= 0.3 is 5.97 Å². The number of hydrogen-bond donors (Lipinski definition) is 0. The predicted molar refractivity (Wildman–Crippen MR) is 63.8 cm³/mol. The average Bonchev–Trinajstić information content (AvgIpc) is 2.87. The number of aromatic nitrogens is 2. The molecule has 0 saturated carbocycles. The quantitative estimate of drug-likeness (QED) is 0.736. The molecule has 1 atom stereocenters. The van der Waals surface area contributed by atoms with Gasteiger partial charge in [-0.2, -0.15) is 0 Å². The van der Waals surface area contributed by atoms with Crippen LogP contribution < -0.4 is 4.90 Å². The molecule has 0 spiro atoms. The second-order valence-corrected chi connectivity index (χ2v) is 4.10. The molecule has 0 amide bonds. The van der Waals surface area contributed by atoms with Crippen LogP contribution in [0.3, 0.4) is 0 Å². The zero-order valence-electron chi connectivity index (χ0n) is 10.2. The van der Waals surface area contributed by atoms with Crippen molar-refractivity contribution in [2.75, 3.05) is 18.6 Å². The summed E-state index contributed by atoms with van der Waals surface area (Å²) < 4.78 is 4.82. The van der Waals surface area contributed by atoms with Crippen molar-refractivity contribution in [2.24, 2.45) is 0 Å². The van der Waals surface area contributed by atoms with Gasteiger partial charge in [-0.05, 0) is 19.3 Å². The van der Waals surface area contributed by atoms with Crippen LogP contribution in [0.1, 0.15) is 25.5 Å². The topological polar surface area (TPSA) is 55.3 Å². The maximum atomic E-state index is 11.6. The summed E-state index contributed by atoms with van der Waals surface area (Å²) >= 11 is 0. The molecule has 1 fully saturated rings. The number of rotatable bonds is 3. The van der Waals surface area contributed by atoms with Gasteiger partial charge in [0, 0.05) is 18.3 Å². The number of nitrogens with zero attached hydrogens (tertiary/aromatic N) is 3. The monoisotopic (exact) mass is 235 g/mol. The highest BCUT2D eigenvalue weighted by molar-refractivity contribution is 5.80. The number of esters is 1. The van der Waals surface area contributed by atoms with E-state index >= 15 is 0 Å². The number of aryl methyl sites for hydroxylation is 1. The van der Waals surface area contributed by atoms with Crippen molar-refractivity contribution in [3.8, 4) is 0 Å². The highest BCUT2D eigenvalue weighted by atomic mass is 16.5. The molecule has 5 nitrogen and oxygen atoms in total. The lowest BCUT2D eigenvalue weighted by Crippen LogP contribution is -2.37. The molecule has 1 aromatic rings. The SMILES string of the molecule is CCc1cc(N2CCCC2C(=O)OC)ncn1.